The molecule has 0 fully saturated rings. The minimum atomic E-state index is -1.05. The van der Waals surface area contributed by atoms with E-state index in [1.54, 1.807) is 44.4 Å². The lowest BCUT2D eigenvalue weighted by molar-refractivity contribution is -0.152. The number of para-hydroxylation sites is 1. The van der Waals surface area contributed by atoms with E-state index >= 15 is 4.39 Å². The van der Waals surface area contributed by atoms with Crippen LogP contribution in [0.3, 0.4) is 0 Å². The van der Waals surface area contributed by atoms with Crippen molar-refractivity contribution in [2.45, 2.75) is 31.6 Å². The van der Waals surface area contributed by atoms with Crippen LogP contribution in [0.2, 0.25) is 0 Å². The van der Waals surface area contributed by atoms with Crippen LogP contribution in [0.25, 0.3) is 0 Å². The molecule has 0 N–H and O–H groups in total. The highest BCUT2D eigenvalue weighted by atomic mass is 32.1. The number of ketones is 1. The van der Waals surface area contributed by atoms with Gasteiger partial charge in [0.05, 0.1) is 19.4 Å². The molecule has 0 bridgehead atoms. The maximum absolute atomic E-state index is 15.0. The summed E-state index contributed by atoms with van der Waals surface area (Å²) in [4.78, 5) is 43.3. The molecular weight excluding hydrogens is 493 g/mol. The first kappa shape index (κ1) is 24.9. The van der Waals surface area contributed by atoms with E-state index in [1.165, 1.54) is 28.4 Å². The number of allylic oxidation sites excluding steroid dienone is 2. The Morgan fingerprint density at radius 3 is 2.59 bits per heavy atom. The second kappa shape index (κ2) is 10.3. The third-order valence-corrected chi connectivity index (χ3v) is 7.96. The van der Waals surface area contributed by atoms with Gasteiger partial charge in [0.2, 0.25) is 5.91 Å². The number of rotatable bonds is 6. The van der Waals surface area contributed by atoms with Crippen molar-refractivity contribution in [3.8, 4) is 5.75 Å². The largest absolute Gasteiger partial charge is 0.497 e. The van der Waals surface area contributed by atoms with Gasteiger partial charge >= 0.3 is 5.97 Å². The number of hydrogen-bond donors (Lipinski definition) is 0. The molecular formula is C29H26FNO5S. The summed E-state index contributed by atoms with van der Waals surface area (Å²) in [5, 5.41) is 1.88. The molecule has 1 amide bonds. The van der Waals surface area contributed by atoms with E-state index in [9.17, 15) is 14.4 Å². The van der Waals surface area contributed by atoms with E-state index < -0.39 is 29.5 Å². The maximum Gasteiger partial charge on any atom is 0.317 e. The summed E-state index contributed by atoms with van der Waals surface area (Å²) in [6, 6.07) is 17.0. The highest BCUT2D eigenvalue weighted by Gasteiger charge is 2.50. The first-order valence-corrected chi connectivity index (χ1v) is 13.0. The van der Waals surface area contributed by atoms with Gasteiger partial charge in [-0.2, -0.15) is 0 Å². The lowest BCUT2D eigenvalue weighted by Gasteiger charge is -2.42. The van der Waals surface area contributed by atoms with Crippen molar-refractivity contribution < 1.29 is 28.2 Å². The van der Waals surface area contributed by atoms with E-state index in [1.807, 2.05) is 23.6 Å². The van der Waals surface area contributed by atoms with E-state index in [4.69, 9.17) is 9.47 Å². The molecule has 3 aromatic rings. The molecule has 2 aromatic carbocycles. The van der Waals surface area contributed by atoms with Gasteiger partial charge in [0.25, 0.3) is 0 Å². The quantitative estimate of drug-likeness (QED) is 0.313. The fourth-order valence-corrected chi connectivity index (χ4v) is 6.22. The Morgan fingerprint density at radius 1 is 1.08 bits per heavy atom. The van der Waals surface area contributed by atoms with Crippen LogP contribution in [0, 0.1) is 11.7 Å². The highest BCUT2D eigenvalue weighted by molar-refractivity contribution is 7.10. The molecule has 0 unspecified atom stereocenters. The number of Topliss-reactive ketones (excluding diaryl/α,β-unsaturated/α-hetero) is 1. The minimum absolute atomic E-state index is 0.0503. The van der Waals surface area contributed by atoms with Crippen molar-refractivity contribution in [2.24, 2.45) is 5.92 Å². The predicted molar refractivity (Wildman–Crippen MR) is 138 cm³/mol. The average Bonchev–Trinajstić information content (AvgIpc) is 3.44. The molecule has 0 saturated heterocycles. The topological polar surface area (TPSA) is 72.9 Å². The first-order valence-electron chi connectivity index (χ1n) is 12.1. The summed E-state index contributed by atoms with van der Waals surface area (Å²) in [6.07, 6.45) is 0.164. The standard InChI is InChI=1S/C29H26FNO5S/c1-3-36-29(34)27-20(24-12-7-13-37-24)15-23-26(28(27)33)19(17-8-6-9-18(14-17)35-2)16-25(32)31(23)22-11-5-4-10-21(22)30/h4-14,19-20,27H,3,15-16H2,1-2H3/t19-,20+,27+/m0/s1. The molecule has 2 aliphatic rings. The lowest BCUT2D eigenvalue weighted by Crippen LogP contribution is -2.46. The summed E-state index contributed by atoms with van der Waals surface area (Å²) < 4.78 is 25.7. The van der Waals surface area contributed by atoms with Crippen LogP contribution in [-0.2, 0) is 19.1 Å². The Bertz CT molecular complexity index is 1380. The minimum Gasteiger partial charge on any atom is -0.497 e. The predicted octanol–water partition coefficient (Wildman–Crippen LogP) is 5.61. The smallest absolute Gasteiger partial charge is 0.317 e. The second-order valence-corrected chi connectivity index (χ2v) is 9.97. The summed E-state index contributed by atoms with van der Waals surface area (Å²) in [5.74, 6) is -3.45. The normalized spacial score (nSPS) is 21.6. The fraction of sp³-hybridized carbons (Fsp3) is 0.276. The molecule has 0 saturated carbocycles. The fourth-order valence-electron chi connectivity index (χ4n) is 5.36. The van der Waals surface area contributed by atoms with Crippen LogP contribution < -0.4 is 9.64 Å². The number of amides is 1. The van der Waals surface area contributed by atoms with E-state index in [0.717, 1.165) is 10.4 Å². The number of halogens is 1. The highest BCUT2D eigenvalue weighted by Crippen LogP contribution is 2.50. The number of anilines is 1. The Hall–Kier alpha value is -3.78. The van der Waals surface area contributed by atoms with Crippen LogP contribution in [0.1, 0.15) is 42.0 Å². The molecule has 1 aliphatic heterocycles. The van der Waals surface area contributed by atoms with Gasteiger partial charge in [0.15, 0.2) is 5.78 Å². The number of benzene rings is 2. The van der Waals surface area contributed by atoms with Gasteiger partial charge in [-0.1, -0.05) is 30.3 Å². The molecule has 0 radical (unpaired) electrons. The third-order valence-electron chi connectivity index (χ3n) is 6.96. The molecule has 2 heterocycles. The van der Waals surface area contributed by atoms with Gasteiger partial charge in [0, 0.05) is 34.4 Å². The summed E-state index contributed by atoms with van der Waals surface area (Å²) >= 11 is 1.44. The number of thiophene rings is 1. The number of carbonyl (C=O) groups is 3. The van der Waals surface area contributed by atoms with Gasteiger partial charge in [-0.05, 0) is 54.6 Å². The molecule has 3 atom stereocenters. The van der Waals surface area contributed by atoms with Crippen molar-refractivity contribution in [3.63, 3.8) is 0 Å². The number of hydrogen-bond acceptors (Lipinski definition) is 6. The van der Waals surface area contributed by atoms with Crippen molar-refractivity contribution in [1.29, 1.82) is 0 Å². The van der Waals surface area contributed by atoms with Gasteiger partial charge < -0.3 is 9.47 Å². The number of ether oxygens (including phenoxy) is 2. The van der Waals surface area contributed by atoms with Gasteiger partial charge in [-0.15, -0.1) is 11.3 Å². The average molecular weight is 520 g/mol. The van der Waals surface area contributed by atoms with Crippen LogP contribution in [0.4, 0.5) is 10.1 Å². The molecule has 0 spiro atoms. The van der Waals surface area contributed by atoms with Crippen molar-refractivity contribution >= 4 is 34.7 Å². The van der Waals surface area contributed by atoms with Crippen molar-refractivity contribution in [2.75, 3.05) is 18.6 Å². The van der Waals surface area contributed by atoms with Crippen LogP contribution in [0.15, 0.2) is 77.3 Å². The lowest BCUT2D eigenvalue weighted by atomic mass is 9.69. The molecule has 5 rings (SSSR count). The summed E-state index contributed by atoms with van der Waals surface area (Å²) in [7, 11) is 1.55. The van der Waals surface area contributed by atoms with Crippen molar-refractivity contribution in [1.82, 2.24) is 0 Å². The van der Waals surface area contributed by atoms with Crippen molar-refractivity contribution in [3.05, 3.63) is 93.6 Å². The zero-order chi connectivity index (χ0) is 26.1. The molecule has 190 valence electrons. The van der Waals surface area contributed by atoms with E-state index in [0.29, 0.717) is 17.0 Å². The zero-order valence-electron chi connectivity index (χ0n) is 20.5. The Morgan fingerprint density at radius 2 is 1.89 bits per heavy atom. The second-order valence-electron chi connectivity index (χ2n) is 8.99. The Kier molecular flexibility index (Phi) is 6.93. The maximum atomic E-state index is 15.0. The Labute approximate surface area is 218 Å². The van der Waals surface area contributed by atoms with E-state index in [-0.39, 0.29) is 36.8 Å². The number of carbonyl (C=O) groups excluding carboxylic acids is 3. The molecule has 1 aliphatic carbocycles. The monoisotopic (exact) mass is 519 g/mol. The Balaban J connectivity index is 1.73. The summed E-state index contributed by atoms with van der Waals surface area (Å²) in [5.41, 5.74) is 1.59. The zero-order valence-corrected chi connectivity index (χ0v) is 21.3. The van der Waals surface area contributed by atoms with Crippen LogP contribution in [0.5, 0.6) is 5.75 Å². The van der Waals surface area contributed by atoms with Crippen LogP contribution in [-0.4, -0.2) is 31.4 Å². The molecule has 37 heavy (non-hydrogen) atoms. The SMILES string of the molecule is CCOC(=O)[C@H]1C(=O)C2=C(C[C@@H]1c1cccs1)N(c1ccccc1F)C(=O)C[C@H]2c1cccc(OC)c1. The third kappa shape index (κ3) is 4.46. The molecule has 8 heteroatoms. The molecule has 6 nitrogen and oxygen atoms in total. The summed E-state index contributed by atoms with van der Waals surface area (Å²) in [6.45, 7) is 1.85. The van der Waals surface area contributed by atoms with E-state index in [2.05, 4.69) is 0 Å². The van der Waals surface area contributed by atoms with Gasteiger partial charge in [-0.3, -0.25) is 19.3 Å². The van der Waals surface area contributed by atoms with Gasteiger partial charge in [0.1, 0.15) is 17.5 Å². The molecule has 1 aromatic heterocycles. The van der Waals surface area contributed by atoms with Crippen LogP contribution >= 0.6 is 11.3 Å². The number of nitrogens with zero attached hydrogens (tertiary/aromatic N) is 1. The number of esters is 1. The van der Waals surface area contributed by atoms with Gasteiger partial charge in [-0.25, -0.2) is 4.39 Å². The first-order chi connectivity index (χ1) is 17.9. The number of methoxy groups -OCH3 is 1.